The smallest absolute Gasteiger partial charge is 0.152 e. The molecule has 1 aromatic rings. The van der Waals surface area contributed by atoms with Crippen LogP contribution in [0.3, 0.4) is 0 Å². The average molecular weight is 238 g/mol. The maximum Gasteiger partial charge on any atom is 0.152 e. The highest BCUT2D eigenvalue weighted by Gasteiger charge is 2.11. The molecule has 4 heteroatoms. The van der Waals surface area contributed by atoms with Gasteiger partial charge in [0.15, 0.2) is 5.84 Å². The lowest BCUT2D eigenvalue weighted by atomic mass is 10.2. The van der Waals surface area contributed by atoms with E-state index in [1.54, 1.807) is 11.8 Å². The molecule has 3 N–H and O–H groups in total. The Morgan fingerprint density at radius 3 is 2.88 bits per heavy atom. The molecular formula is C12H18N2OS. The summed E-state index contributed by atoms with van der Waals surface area (Å²) < 4.78 is 0. The molecule has 1 unspecified atom stereocenters. The summed E-state index contributed by atoms with van der Waals surface area (Å²) in [5, 5.41) is 11.8. The van der Waals surface area contributed by atoms with E-state index in [0.717, 1.165) is 12.2 Å². The van der Waals surface area contributed by atoms with E-state index in [1.807, 2.05) is 6.92 Å². The van der Waals surface area contributed by atoms with Crippen LogP contribution >= 0.6 is 11.8 Å². The van der Waals surface area contributed by atoms with Crippen LogP contribution in [0.25, 0.3) is 0 Å². The third-order valence-corrected chi connectivity index (χ3v) is 3.83. The largest absolute Gasteiger partial charge is 0.409 e. The van der Waals surface area contributed by atoms with E-state index >= 15 is 0 Å². The first-order valence-electron chi connectivity index (χ1n) is 5.32. The number of hydrogen-bond acceptors (Lipinski definition) is 3. The third kappa shape index (κ3) is 3.77. The van der Waals surface area contributed by atoms with Crippen LogP contribution in [0.5, 0.6) is 0 Å². The van der Waals surface area contributed by atoms with Gasteiger partial charge < -0.3 is 10.9 Å². The number of nitrogens with zero attached hydrogens (tertiary/aromatic N) is 1. The highest BCUT2D eigenvalue weighted by molar-refractivity contribution is 7.99. The van der Waals surface area contributed by atoms with Gasteiger partial charge in [-0.05, 0) is 18.9 Å². The molecule has 88 valence electrons. The molecule has 1 aromatic carbocycles. The molecule has 0 amide bonds. The van der Waals surface area contributed by atoms with Crippen molar-refractivity contribution in [1.82, 2.24) is 0 Å². The lowest BCUT2D eigenvalue weighted by molar-refractivity contribution is 0.317. The summed E-state index contributed by atoms with van der Waals surface area (Å²) in [6, 6.07) is 8.38. The van der Waals surface area contributed by atoms with E-state index in [9.17, 15) is 0 Å². The summed E-state index contributed by atoms with van der Waals surface area (Å²) in [7, 11) is 0. The number of aryl methyl sites for hydroxylation is 1. The van der Waals surface area contributed by atoms with Crippen LogP contribution in [0.15, 0.2) is 29.4 Å². The molecule has 0 aromatic heterocycles. The molecule has 0 aliphatic carbocycles. The normalized spacial score (nSPS) is 13.8. The van der Waals surface area contributed by atoms with Gasteiger partial charge in [-0.3, -0.25) is 0 Å². The SMILES string of the molecule is CCC(SCc1cccc(C)c1)C(N)=NO. The summed E-state index contributed by atoms with van der Waals surface area (Å²) >= 11 is 1.70. The summed E-state index contributed by atoms with van der Waals surface area (Å²) in [6.07, 6.45) is 0.867. The van der Waals surface area contributed by atoms with Crippen molar-refractivity contribution in [1.29, 1.82) is 0 Å². The minimum Gasteiger partial charge on any atom is -0.409 e. The third-order valence-electron chi connectivity index (χ3n) is 2.35. The van der Waals surface area contributed by atoms with E-state index in [0.29, 0.717) is 5.84 Å². The second-order valence-corrected chi connectivity index (χ2v) is 4.91. The fraction of sp³-hybridized carbons (Fsp3) is 0.417. The van der Waals surface area contributed by atoms with Gasteiger partial charge in [-0.25, -0.2) is 0 Å². The highest BCUT2D eigenvalue weighted by atomic mass is 32.2. The summed E-state index contributed by atoms with van der Waals surface area (Å²) in [5.41, 5.74) is 8.13. The van der Waals surface area contributed by atoms with Crippen molar-refractivity contribution in [2.45, 2.75) is 31.3 Å². The number of rotatable bonds is 5. The molecule has 0 saturated heterocycles. The Kier molecular flexibility index (Phi) is 5.19. The number of amidine groups is 1. The number of hydrogen-bond donors (Lipinski definition) is 2. The molecule has 1 rings (SSSR count). The number of oxime groups is 1. The Hall–Kier alpha value is -1.16. The van der Waals surface area contributed by atoms with Crippen LogP contribution in [-0.2, 0) is 5.75 Å². The van der Waals surface area contributed by atoms with E-state index in [-0.39, 0.29) is 5.25 Å². The lowest BCUT2D eigenvalue weighted by Crippen LogP contribution is -2.25. The maximum atomic E-state index is 8.63. The van der Waals surface area contributed by atoms with Crippen molar-refractivity contribution in [2.24, 2.45) is 10.9 Å². The maximum absolute atomic E-state index is 8.63. The Labute approximate surface area is 101 Å². The van der Waals surface area contributed by atoms with Crippen molar-refractivity contribution in [2.75, 3.05) is 0 Å². The summed E-state index contributed by atoms with van der Waals surface area (Å²) in [4.78, 5) is 0. The summed E-state index contributed by atoms with van der Waals surface area (Å²) in [6.45, 7) is 4.11. The molecule has 0 bridgehead atoms. The molecule has 3 nitrogen and oxygen atoms in total. The molecular weight excluding hydrogens is 220 g/mol. The van der Waals surface area contributed by atoms with Gasteiger partial charge in [-0.2, -0.15) is 0 Å². The molecule has 0 fully saturated rings. The minimum absolute atomic E-state index is 0.0884. The molecule has 0 heterocycles. The Balaban J connectivity index is 2.56. The van der Waals surface area contributed by atoms with E-state index < -0.39 is 0 Å². The zero-order valence-electron chi connectivity index (χ0n) is 9.68. The predicted molar refractivity (Wildman–Crippen MR) is 70.0 cm³/mol. The van der Waals surface area contributed by atoms with Gasteiger partial charge >= 0.3 is 0 Å². The lowest BCUT2D eigenvalue weighted by Gasteiger charge is -2.12. The molecule has 0 aliphatic heterocycles. The van der Waals surface area contributed by atoms with Gasteiger partial charge in [0, 0.05) is 5.75 Å². The molecule has 0 aliphatic rings. The van der Waals surface area contributed by atoms with Crippen molar-refractivity contribution in [3.63, 3.8) is 0 Å². The van der Waals surface area contributed by atoms with Gasteiger partial charge in [0.2, 0.25) is 0 Å². The van der Waals surface area contributed by atoms with Gasteiger partial charge in [0.05, 0.1) is 5.25 Å². The molecule has 0 saturated carbocycles. The number of nitrogens with two attached hydrogens (primary N) is 1. The van der Waals surface area contributed by atoms with Crippen molar-refractivity contribution < 1.29 is 5.21 Å². The van der Waals surface area contributed by atoms with Crippen LogP contribution in [-0.4, -0.2) is 16.3 Å². The second kappa shape index (κ2) is 6.43. The van der Waals surface area contributed by atoms with Crippen LogP contribution in [0, 0.1) is 6.92 Å². The Morgan fingerprint density at radius 1 is 1.56 bits per heavy atom. The fourth-order valence-corrected chi connectivity index (χ4v) is 2.50. The van der Waals surface area contributed by atoms with Gasteiger partial charge in [-0.15, -0.1) is 11.8 Å². The first-order valence-corrected chi connectivity index (χ1v) is 6.36. The van der Waals surface area contributed by atoms with Crippen LogP contribution in [0.2, 0.25) is 0 Å². The fourth-order valence-electron chi connectivity index (χ4n) is 1.48. The first-order chi connectivity index (χ1) is 7.67. The molecule has 1 atom stereocenters. The number of thioether (sulfide) groups is 1. The monoisotopic (exact) mass is 238 g/mol. The Bertz CT molecular complexity index is 366. The topological polar surface area (TPSA) is 58.6 Å². The van der Waals surface area contributed by atoms with Gasteiger partial charge in [-0.1, -0.05) is 41.9 Å². The van der Waals surface area contributed by atoms with Crippen molar-refractivity contribution in [3.8, 4) is 0 Å². The van der Waals surface area contributed by atoms with Crippen molar-refractivity contribution in [3.05, 3.63) is 35.4 Å². The first kappa shape index (κ1) is 12.9. The molecule has 0 spiro atoms. The van der Waals surface area contributed by atoms with Gasteiger partial charge in [0.1, 0.15) is 0 Å². The number of benzene rings is 1. The quantitative estimate of drug-likeness (QED) is 0.359. The second-order valence-electron chi connectivity index (χ2n) is 3.72. The van der Waals surface area contributed by atoms with Crippen LogP contribution in [0.1, 0.15) is 24.5 Å². The zero-order chi connectivity index (χ0) is 12.0. The average Bonchev–Trinajstić information content (AvgIpc) is 2.29. The van der Waals surface area contributed by atoms with E-state index in [2.05, 4.69) is 36.3 Å². The predicted octanol–water partition coefficient (Wildman–Crippen LogP) is 2.75. The van der Waals surface area contributed by atoms with Crippen LogP contribution < -0.4 is 5.73 Å². The van der Waals surface area contributed by atoms with E-state index in [4.69, 9.17) is 10.9 Å². The Morgan fingerprint density at radius 2 is 2.31 bits per heavy atom. The summed E-state index contributed by atoms with van der Waals surface area (Å²) in [5.74, 6) is 1.19. The van der Waals surface area contributed by atoms with Gasteiger partial charge in [0.25, 0.3) is 0 Å². The molecule has 16 heavy (non-hydrogen) atoms. The molecule has 0 radical (unpaired) electrons. The zero-order valence-corrected chi connectivity index (χ0v) is 10.5. The standard InChI is InChI=1S/C12H18N2OS/c1-3-11(12(13)14-15)16-8-10-6-4-5-9(2)7-10/h4-7,11,15H,3,8H2,1-2H3,(H2,13,14). The highest BCUT2D eigenvalue weighted by Crippen LogP contribution is 2.20. The van der Waals surface area contributed by atoms with E-state index in [1.165, 1.54) is 11.1 Å². The van der Waals surface area contributed by atoms with Crippen molar-refractivity contribution >= 4 is 17.6 Å². The van der Waals surface area contributed by atoms with Crippen LogP contribution in [0.4, 0.5) is 0 Å². The minimum atomic E-state index is 0.0884.